The van der Waals surface area contributed by atoms with E-state index in [2.05, 4.69) is 63.5 Å². The van der Waals surface area contributed by atoms with E-state index < -0.39 is 0 Å². The van der Waals surface area contributed by atoms with E-state index in [0.717, 1.165) is 43.8 Å². The fourth-order valence-corrected chi connectivity index (χ4v) is 3.75. The zero-order chi connectivity index (χ0) is 15.6. The molecule has 5 heteroatoms. The van der Waals surface area contributed by atoms with E-state index in [1.807, 2.05) is 13.1 Å². The van der Waals surface area contributed by atoms with E-state index in [1.54, 1.807) is 0 Å². The van der Waals surface area contributed by atoms with E-state index in [4.69, 9.17) is 0 Å². The molecule has 0 aromatic heterocycles. The molecule has 1 aliphatic rings. The van der Waals surface area contributed by atoms with Crippen LogP contribution in [-0.4, -0.2) is 55.1 Å². The standard InChI is InChI=1S/C17H28N4S/c1-3-16-14-21(12-13-22-16)17(18-2)20-11-7-10-19-15-8-5-4-6-9-15/h4-6,8-9,16,19H,3,7,10-14H2,1-2H3,(H,18,20). The van der Waals surface area contributed by atoms with Gasteiger partial charge in [-0.15, -0.1) is 0 Å². The molecule has 0 bridgehead atoms. The molecule has 1 heterocycles. The van der Waals surface area contributed by atoms with Crippen LogP contribution in [0.15, 0.2) is 35.3 Å². The van der Waals surface area contributed by atoms with Crippen molar-refractivity contribution in [3.05, 3.63) is 30.3 Å². The van der Waals surface area contributed by atoms with E-state index >= 15 is 0 Å². The Hall–Kier alpha value is -1.36. The van der Waals surface area contributed by atoms with Crippen molar-refractivity contribution < 1.29 is 0 Å². The Morgan fingerprint density at radius 2 is 2.14 bits per heavy atom. The molecule has 2 rings (SSSR count). The number of para-hydroxylation sites is 1. The first-order valence-corrected chi connectivity index (χ1v) is 9.24. The molecule has 1 aromatic rings. The monoisotopic (exact) mass is 320 g/mol. The number of benzene rings is 1. The minimum Gasteiger partial charge on any atom is -0.385 e. The lowest BCUT2D eigenvalue weighted by Crippen LogP contribution is -2.48. The van der Waals surface area contributed by atoms with Gasteiger partial charge in [0.25, 0.3) is 0 Å². The van der Waals surface area contributed by atoms with E-state index in [9.17, 15) is 0 Å². The van der Waals surface area contributed by atoms with Gasteiger partial charge in [-0.05, 0) is 25.0 Å². The largest absolute Gasteiger partial charge is 0.385 e. The van der Waals surface area contributed by atoms with Gasteiger partial charge < -0.3 is 15.5 Å². The lowest BCUT2D eigenvalue weighted by Gasteiger charge is -2.34. The number of nitrogens with one attached hydrogen (secondary N) is 2. The van der Waals surface area contributed by atoms with Gasteiger partial charge in [0.2, 0.25) is 0 Å². The molecule has 1 aliphatic heterocycles. The third-order valence-corrected chi connectivity index (χ3v) is 5.22. The zero-order valence-corrected chi connectivity index (χ0v) is 14.5. The van der Waals surface area contributed by atoms with Crippen LogP contribution in [0.2, 0.25) is 0 Å². The second-order valence-corrected chi connectivity index (χ2v) is 6.88. The van der Waals surface area contributed by atoms with Crippen LogP contribution in [-0.2, 0) is 0 Å². The molecule has 0 spiro atoms. The van der Waals surface area contributed by atoms with Crippen molar-refractivity contribution in [2.75, 3.05) is 44.3 Å². The maximum Gasteiger partial charge on any atom is 0.193 e. The molecule has 1 atom stereocenters. The SMILES string of the molecule is CCC1CN(C(=NC)NCCCNc2ccccc2)CCS1. The molecule has 1 saturated heterocycles. The molecular weight excluding hydrogens is 292 g/mol. The molecule has 1 unspecified atom stereocenters. The number of aliphatic imine (C=N–C) groups is 1. The van der Waals surface area contributed by atoms with Crippen LogP contribution < -0.4 is 10.6 Å². The summed E-state index contributed by atoms with van der Waals surface area (Å²) in [5.74, 6) is 2.26. The fraction of sp³-hybridized carbons (Fsp3) is 0.588. The van der Waals surface area contributed by atoms with Gasteiger partial charge in [-0.2, -0.15) is 11.8 Å². The first-order chi connectivity index (χ1) is 10.8. The van der Waals surface area contributed by atoms with Crippen molar-refractivity contribution in [1.82, 2.24) is 10.2 Å². The molecule has 4 nitrogen and oxygen atoms in total. The third-order valence-electron chi connectivity index (χ3n) is 3.85. The fourth-order valence-electron chi connectivity index (χ4n) is 2.57. The first kappa shape index (κ1) is 17.0. The predicted octanol–water partition coefficient (Wildman–Crippen LogP) is 2.89. The Balaban J connectivity index is 1.66. The van der Waals surface area contributed by atoms with Crippen molar-refractivity contribution in [2.45, 2.75) is 25.0 Å². The normalized spacial score (nSPS) is 19.1. The van der Waals surface area contributed by atoms with Crippen LogP contribution in [0.25, 0.3) is 0 Å². The summed E-state index contributed by atoms with van der Waals surface area (Å²) in [6.07, 6.45) is 2.31. The number of nitrogens with zero attached hydrogens (tertiary/aromatic N) is 2. The quantitative estimate of drug-likeness (QED) is 0.480. The minimum atomic E-state index is 0.743. The molecule has 22 heavy (non-hydrogen) atoms. The van der Waals surface area contributed by atoms with Gasteiger partial charge in [0, 0.05) is 49.9 Å². The summed E-state index contributed by atoms with van der Waals surface area (Å²) in [6, 6.07) is 10.4. The molecule has 0 amide bonds. The lowest BCUT2D eigenvalue weighted by atomic mass is 10.3. The van der Waals surface area contributed by atoms with Gasteiger partial charge in [-0.25, -0.2) is 0 Å². The third kappa shape index (κ3) is 5.44. The van der Waals surface area contributed by atoms with Crippen molar-refractivity contribution in [3.63, 3.8) is 0 Å². The predicted molar refractivity (Wildman–Crippen MR) is 99.0 cm³/mol. The number of anilines is 1. The van der Waals surface area contributed by atoms with Gasteiger partial charge >= 0.3 is 0 Å². The number of rotatable bonds is 6. The van der Waals surface area contributed by atoms with Crippen LogP contribution in [0.4, 0.5) is 5.69 Å². The molecule has 122 valence electrons. The summed E-state index contributed by atoms with van der Waals surface area (Å²) in [7, 11) is 1.88. The number of hydrogen-bond donors (Lipinski definition) is 2. The van der Waals surface area contributed by atoms with E-state index in [-0.39, 0.29) is 0 Å². The lowest BCUT2D eigenvalue weighted by molar-refractivity contribution is 0.408. The minimum absolute atomic E-state index is 0.743. The smallest absolute Gasteiger partial charge is 0.193 e. The second-order valence-electron chi connectivity index (χ2n) is 5.47. The van der Waals surface area contributed by atoms with Crippen molar-refractivity contribution in [1.29, 1.82) is 0 Å². The second kappa shape index (κ2) is 9.62. The van der Waals surface area contributed by atoms with Crippen LogP contribution in [0.3, 0.4) is 0 Å². The molecular formula is C17H28N4S. The van der Waals surface area contributed by atoms with Crippen LogP contribution in [0.1, 0.15) is 19.8 Å². The van der Waals surface area contributed by atoms with E-state index in [0.29, 0.717) is 0 Å². The van der Waals surface area contributed by atoms with Crippen molar-refractivity contribution in [2.24, 2.45) is 4.99 Å². The molecule has 2 N–H and O–H groups in total. The Morgan fingerprint density at radius 3 is 2.86 bits per heavy atom. The molecule has 0 radical (unpaired) electrons. The Bertz CT molecular complexity index is 449. The maximum atomic E-state index is 4.44. The Kier molecular flexibility index (Phi) is 7.43. The van der Waals surface area contributed by atoms with E-state index in [1.165, 1.54) is 17.9 Å². The zero-order valence-electron chi connectivity index (χ0n) is 13.7. The summed E-state index contributed by atoms with van der Waals surface area (Å²) in [5.41, 5.74) is 1.19. The highest BCUT2D eigenvalue weighted by molar-refractivity contribution is 8.00. The molecule has 1 aromatic carbocycles. The van der Waals surface area contributed by atoms with Crippen LogP contribution in [0.5, 0.6) is 0 Å². The maximum absolute atomic E-state index is 4.44. The van der Waals surface area contributed by atoms with Crippen LogP contribution >= 0.6 is 11.8 Å². The average Bonchev–Trinajstić information content (AvgIpc) is 2.59. The van der Waals surface area contributed by atoms with Gasteiger partial charge in [-0.3, -0.25) is 4.99 Å². The van der Waals surface area contributed by atoms with Gasteiger partial charge in [0.1, 0.15) is 0 Å². The number of hydrogen-bond acceptors (Lipinski definition) is 3. The van der Waals surface area contributed by atoms with Crippen molar-refractivity contribution in [3.8, 4) is 0 Å². The first-order valence-electron chi connectivity index (χ1n) is 8.19. The summed E-state index contributed by atoms with van der Waals surface area (Å²) in [5, 5.41) is 7.67. The van der Waals surface area contributed by atoms with Gasteiger partial charge in [0.15, 0.2) is 5.96 Å². The highest BCUT2D eigenvalue weighted by Crippen LogP contribution is 2.20. The highest BCUT2D eigenvalue weighted by Gasteiger charge is 2.21. The average molecular weight is 321 g/mol. The Labute approximate surface area is 138 Å². The Morgan fingerprint density at radius 1 is 1.32 bits per heavy atom. The summed E-state index contributed by atoms with van der Waals surface area (Å²) in [4.78, 5) is 6.84. The molecule has 1 fully saturated rings. The molecule has 0 saturated carbocycles. The van der Waals surface area contributed by atoms with Crippen LogP contribution in [0, 0.1) is 0 Å². The summed E-state index contributed by atoms with van der Waals surface area (Å²) < 4.78 is 0. The van der Waals surface area contributed by atoms with Gasteiger partial charge in [0.05, 0.1) is 0 Å². The van der Waals surface area contributed by atoms with Crippen molar-refractivity contribution >= 4 is 23.4 Å². The number of guanidine groups is 1. The summed E-state index contributed by atoms with van der Waals surface area (Å²) >= 11 is 2.09. The number of thioether (sulfide) groups is 1. The highest BCUT2D eigenvalue weighted by atomic mass is 32.2. The van der Waals surface area contributed by atoms with Gasteiger partial charge in [-0.1, -0.05) is 25.1 Å². The topological polar surface area (TPSA) is 39.7 Å². The molecule has 0 aliphatic carbocycles. The summed E-state index contributed by atoms with van der Waals surface area (Å²) in [6.45, 7) is 6.41.